The molecule has 3 rings (SSSR count). The topological polar surface area (TPSA) is 29.5 Å². The number of benzene rings is 1. The van der Waals surface area contributed by atoms with Crippen LogP contribution in [0.25, 0.3) is 0 Å². The fraction of sp³-hybridized carbons (Fsp3) is 0.650. The van der Waals surface area contributed by atoms with Gasteiger partial charge in [0.15, 0.2) is 0 Å². The van der Waals surface area contributed by atoms with Gasteiger partial charge in [-0.2, -0.15) is 0 Å². The van der Waals surface area contributed by atoms with Crippen LogP contribution < -0.4 is 0 Å². The molecule has 1 aromatic rings. The fourth-order valence-corrected chi connectivity index (χ4v) is 4.53. The Morgan fingerprint density at radius 2 is 1.78 bits per heavy atom. The lowest BCUT2D eigenvalue weighted by Gasteiger charge is -2.44. The van der Waals surface area contributed by atoms with Gasteiger partial charge in [0, 0.05) is 12.0 Å². The molecule has 0 bridgehead atoms. The molecule has 0 amide bonds. The maximum atomic E-state index is 12.6. The van der Waals surface area contributed by atoms with Gasteiger partial charge >= 0.3 is 5.97 Å². The van der Waals surface area contributed by atoms with Crippen LogP contribution in [0.15, 0.2) is 12.1 Å². The third-order valence-corrected chi connectivity index (χ3v) is 5.54. The number of carbonyl (C=O) groups is 1. The number of carbonyl (C=O) groups excluding carboxylic acids is 1. The van der Waals surface area contributed by atoms with E-state index in [1.165, 1.54) is 50.8 Å². The Balaban J connectivity index is 1.65. The Labute approximate surface area is 140 Å². The Kier molecular flexibility index (Phi) is 5.05. The van der Waals surface area contributed by atoms with Crippen molar-refractivity contribution in [3.63, 3.8) is 0 Å². The first-order chi connectivity index (χ1) is 11.1. The summed E-state index contributed by atoms with van der Waals surface area (Å²) < 4.78 is 5.75. The van der Waals surface area contributed by atoms with Crippen LogP contribution in [-0.4, -0.2) is 36.6 Å². The van der Waals surface area contributed by atoms with Crippen molar-refractivity contribution in [2.75, 3.05) is 19.7 Å². The molecule has 2 unspecified atom stereocenters. The van der Waals surface area contributed by atoms with Crippen molar-refractivity contribution in [2.45, 2.75) is 58.9 Å². The third-order valence-electron chi connectivity index (χ3n) is 5.54. The normalized spacial score (nSPS) is 25.0. The van der Waals surface area contributed by atoms with E-state index >= 15 is 0 Å². The van der Waals surface area contributed by atoms with Gasteiger partial charge in [-0.1, -0.05) is 24.1 Å². The molecule has 0 spiro atoms. The summed E-state index contributed by atoms with van der Waals surface area (Å²) in [6, 6.07) is 4.76. The average Bonchev–Trinajstić information content (AvgIpc) is 2.52. The van der Waals surface area contributed by atoms with Crippen molar-refractivity contribution in [1.82, 2.24) is 4.90 Å². The van der Waals surface area contributed by atoms with Crippen LogP contribution in [0.5, 0.6) is 0 Å². The van der Waals surface area contributed by atoms with E-state index in [-0.39, 0.29) is 5.97 Å². The van der Waals surface area contributed by atoms with Crippen LogP contribution in [-0.2, 0) is 4.74 Å². The molecule has 2 saturated heterocycles. The van der Waals surface area contributed by atoms with Crippen molar-refractivity contribution in [2.24, 2.45) is 5.92 Å². The summed E-state index contributed by atoms with van der Waals surface area (Å²) in [5, 5.41) is 0. The van der Waals surface area contributed by atoms with Gasteiger partial charge in [-0.25, -0.2) is 4.79 Å². The fourth-order valence-electron chi connectivity index (χ4n) is 4.53. The summed E-state index contributed by atoms with van der Waals surface area (Å²) in [4.78, 5) is 15.2. The lowest BCUT2D eigenvalue weighted by molar-refractivity contribution is 0.00730. The van der Waals surface area contributed by atoms with E-state index in [0.29, 0.717) is 18.6 Å². The van der Waals surface area contributed by atoms with Crippen LogP contribution in [0.3, 0.4) is 0 Å². The van der Waals surface area contributed by atoms with Gasteiger partial charge in [-0.3, -0.25) is 4.90 Å². The Morgan fingerprint density at radius 3 is 2.52 bits per heavy atom. The molecule has 2 heterocycles. The Morgan fingerprint density at radius 1 is 1.09 bits per heavy atom. The molecule has 23 heavy (non-hydrogen) atoms. The number of hydrogen-bond acceptors (Lipinski definition) is 3. The Bertz CT molecular complexity index is 556. The van der Waals surface area contributed by atoms with Gasteiger partial charge in [0.25, 0.3) is 0 Å². The molecule has 3 nitrogen and oxygen atoms in total. The van der Waals surface area contributed by atoms with Crippen molar-refractivity contribution in [3.8, 4) is 0 Å². The van der Waals surface area contributed by atoms with E-state index < -0.39 is 0 Å². The predicted octanol–water partition coefficient (Wildman–Crippen LogP) is 4.03. The quantitative estimate of drug-likeness (QED) is 0.789. The molecule has 2 aliphatic heterocycles. The Hall–Kier alpha value is -1.35. The van der Waals surface area contributed by atoms with E-state index in [2.05, 4.69) is 24.0 Å². The zero-order valence-electron chi connectivity index (χ0n) is 14.7. The third kappa shape index (κ3) is 3.60. The van der Waals surface area contributed by atoms with Crippen LogP contribution in [0, 0.1) is 26.7 Å². The molecule has 0 saturated carbocycles. The smallest absolute Gasteiger partial charge is 0.338 e. The highest BCUT2D eigenvalue weighted by Crippen LogP contribution is 2.31. The maximum absolute atomic E-state index is 12.6. The lowest BCUT2D eigenvalue weighted by Crippen LogP contribution is -2.49. The highest BCUT2D eigenvalue weighted by Gasteiger charge is 2.33. The molecule has 1 aromatic carbocycles. The molecule has 3 heteroatoms. The first-order valence-corrected chi connectivity index (χ1v) is 9.05. The first-order valence-electron chi connectivity index (χ1n) is 9.05. The molecule has 126 valence electrons. The molecule has 0 aromatic heterocycles. The number of piperidine rings is 2. The minimum atomic E-state index is -0.145. The standard InChI is InChI=1S/C20H29NO2/c1-14-11-15(2)19(16(3)12-14)20(22)23-13-17-7-6-10-21-9-5-4-8-18(17)21/h11-12,17-18H,4-10,13H2,1-3H3. The van der Waals surface area contributed by atoms with Crippen molar-refractivity contribution in [3.05, 3.63) is 34.4 Å². The van der Waals surface area contributed by atoms with Crippen molar-refractivity contribution in [1.29, 1.82) is 0 Å². The molecular weight excluding hydrogens is 286 g/mol. The monoisotopic (exact) mass is 315 g/mol. The zero-order chi connectivity index (χ0) is 16.4. The van der Waals surface area contributed by atoms with E-state index in [0.717, 1.165) is 16.7 Å². The van der Waals surface area contributed by atoms with Crippen molar-refractivity contribution >= 4 is 5.97 Å². The number of hydrogen-bond donors (Lipinski definition) is 0. The van der Waals surface area contributed by atoms with Gasteiger partial charge in [-0.15, -0.1) is 0 Å². The summed E-state index contributed by atoms with van der Waals surface area (Å²) >= 11 is 0. The van der Waals surface area contributed by atoms with E-state index in [1.807, 2.05) is 13.8 Å². The second-order valence-corrected chi connectivity index (χ2v) is 7.37. The van der Waals surface area contributed by atoms with Gasteiger partial charge in [0.2, 0.25) is 0 Å². The van der Waals surface area contributed by atoms with Crippen LogP contribution in [0.2, 0.25) is 0 Å². The molecule has 2 aliphatic rings. The van der Waals surface area contributed by atoms with Crippen LogP contribution >= 0.6 is 0 Å². The predicted molar refractivity (Wildman–Crippen MR) is 92.9 cm³/mol. The largest absolute Gasteiger partial charge is 0.462 e. The second kappa shape index (κ2) is 7.04. The number of nitrogens with zero attached hydrogens (tertiary/aromatic N) is 1. The number of rotatable bonds is 3. The van der Waals surface area contributed by atoms with Crippen molar-refractivity contribution < 1.29 is 9.53 Å². The summed E-state index contributed by atoms with van der Waals surface area (Å²) in [5.74, 6) is 0.368. The van der Waals surface area contributed by atoms with Gasteiger partial charge < -0.3 is 4.74 Å². The summed E-state index contributed by atoms with van der Waals surface area (Å²) in [7, 11) is 0. The molecular formula is C20H29NO2. The SMILES string of the molecule is Cc1cc(C)c(C(=O)OCC2CCCN3CCCCC23)c(C)c1. The van der Waals surface area contributed by atoms with E-state index in [4.69, 9.17) is 4.74 Å². The van der Waals surface area contributed by atoms with E-state index in [1.54, 1.807) is 0 Å². The highest BCUT2D eigenvalue weighted by molar-refractivity contribution is 5.92. The second-order valence-electron chi connectivity index (χ2n) is 7.37. The molecule has 2 atom stereocenters. The molecule has 0 aliphatic carbocycles. The minimum absolute atomic E-state index is 0.145. The maximum Gasteiger partial charge on any atom is 0.338 e. The highest BCUT2D eigenvalue weighted by atomic mass is 16.5. The number of esters is 1. The summed E-state index contributed by atoms with van der Waals surface area (Å²) in [6.45, 7) is 9.10. The first kappa shape index (κ1) is 16.5. The van der Waals surface area contributed by atoms with E-state index in [9.17, 15) is 4.79 Å². The van der Waals surface area contributed by atoms with Crippen LogP contribution in [0.1, 0.15) is 59.2 Å². The average molecular weight is 315 g/mol. The molecule has 0 radical (unpaired) electrons. The van der Waals surface area contributed by atoms with Gasteiger partial charge in [-0.05, 0) is 70.7 Å². The summed E-state index contributed by atoms with van der Waals surface area (Å²) in [5.41, 5.74) is 4.00. The minimum Gasteiger partial charge on any atom is -0.462 e. The number of aryl methyl sites for hydroxylation is 3. The number of ether oxygens (including phenoxy) is 1. The molecule has 0 N–H and O–H groups in total. The lowest BCUT2D eigenvalue weighted by atomic mass is 9.84. The van der Waals surface area contributed by atoms with Crippen LogP contribution in [0.4, 0.5) is 0 Å². The van der Waals surface area contributed by atoms with Gasteiger partial charge in [0.1, 0.15) is 0 Å². The van der Waals surface area contributed by atoms with Gasteiger partial charge in [0.05, 0.1) is 12.2 Å². The summed E-state index contributed by atoms with van der Waals surface area (Å²) in [6.07, 6.45) is 6.35. The number of fused-ring (bicyclic) bond motifs is 1. The zero-order valence-corrected chi connectivity index (χ0v) is 14.7. The molecule has 2 fully saturated rings.